The molecule has 0 fully saturated rings. The lowest BCUT2D eigenvalue weighted by Gasteiger charge is -2.21. The summed E-state index contributed by atoms with van der Waals surface area (Å²) >= 11 is 12.0. The van der Waals surface area contributed by atoms with Gasteiger partial charge in [-0.15, -0.1) is 0 Å². The van der Waals surface area contributed by atoms with Crippen LogP contribution >= 0.6 is 23.2 Å². The molecular weight excluding hydrogens is 437 g/mol. The fourth-order valence-corrected chi connectivity index (χ4v) is 3.55. The number of amides is 1. The van der Waals surface area contributed by atoms with Crippen LogP contribution in [0.4, 0.5) is 0 Å². The van der Waals surface area contributed by atoms with Crippen LogP contribution in [0.5, 0.6) is 0 Å². The molecule has 1 amide bonds. The number of benzene rings is 1. The summed E-state index contributed by atoms with van der Waals surface area (Å²) in [7, 11) is -2.54. The second-order valence-electron chi connectivity index (χ2n) is 6.06. The van der Waals surface area contributed by atoms with Crippen molar-refractivity contribution in [2.75, 3.05) is 7.05 Å². The molecule has 1 N–H and O–H groups in total. The van der Waals surface area contributed by atoms with Crippen LogP contribution in [0, 0.1) is 0 Å². The number of furan rings is 1. The number of carbonyl (C=O) groups excluding carboxylic acids is 1. The molecule has 2 heterocycles. The smallest absolute Gasteiger partial charge is 0.290 e. The van der Waals surface area contributed by atoms with Crippen LogP contribution in [0.25, 0.3) is 0 Å². The molecule has 0 radical (unpaired) electrons. The maximum absolute atomic E-state index is 13.1. The van der Waals surface area contributed by atoms with E-state index in [0.29, 0.717) is 15.7 Å². The Morgan fingerprint density at radius 1 is 1.10 bits per heavy atom. The van der Waals surface area contributed by atoms with E-state index in [1.165, 1.54) is 24.1 Å². The van der Waals surface area contributed by atoms with Gasteiger partial charge in [-0.1, -0.05) is 35.3 Å². The van der Waals surface area contributed by atoms with Gasteiger partial charge < -0.3 is 9.32 Å². The first-order valence-corrected chi connectivity index (χ1v) is 10.7. The van der Waals surface area contributed by atoms with E-state index in [2.05, 4.69) is 9.71 Å². The summed E-state index contributed by atoms with van der Waals surface area (Å²) in [5.74, 6) is -0.589. The number of nitrogens with one attached hydrogen (secondary N) is 1. The number of carbonyl (C=O) groups is 1. The molecule has 10 heteroatoms. The molecule has 0 spiro atoms. The largest absolute Gasteiger partial charge is 0.438 e. The van der Waals surface area contributed by atoms with Gasteiger partial charge in [-0.3, -0.25) is 9.78 Å². The molecule has 1 aromatic carbocycles. The van der Waals surface area contributed by atoms with E-state index in [4.69, 9.17) is 27.6 Å². The molecule has 2 aromatic heterocycles. The van der Waals surface area contributed by atoms with Gasteiger partial charge in [0.25, 0.3) is 15.9 Å². The van der Waals surface area contributed by atoms with Crippen molar-refractivity contribution in [3.05, 3.63) is 81.8 Å². The normalized spacial score (nSPS) is 11.4. The molecule has 29 heavy (non-hydrogen) atoms. The number of halogens is 2. The van der Waals surface area contributed by atoms with Crippen molar-refractivity contribution in [3.63, 3.8) is 0 Å². The Morgan fingerprint density at radius 2 is 1.90 bits per heavy atom. The Kier molecular flexibility index (Phi) is 6.59. The van der Waals surface area contributed by atoms with E-state index < -0.39 is 15.9 Å². The molecule has 0 aliphatic heterocycles. The van der Waals surface area contributed by atoms with Crippen LogP contribution in [0.15, 0.2) is 64.2 Å². The van der Waals surface area contributed by atoms with E-state index in [0.717, 1.165) is 5.56 Å². The average molecular weight is 454 g/mol. The fraction of sp³-hybridized carbons (Fsp3) is 0.158. The maximum Gasteiger partial charge on any atom is 0.290 e. The minimum Gasteiger partial charge on any atom is -0.438 e. The van der Waals surface area contributed by atoms with E-state index >= 15 is 0 Å². The average Bonchev–Trinajstić information content (AvgIpc) is 3.22. The lowest BCUT2D eigenvalue weighted by Crippen LogP contribution is -2.30. The zero-order valence-corrected chi connectivity index (χ0v) is 17.6. The van der Waals surface area contributed by atoms with Gasteiger partial charge in [0, 0.05) is 12.7 Å². The van der Waals surface area contributed by atoms with Gasteiger partial charge in [0.15, 0.2) is 5.76 Å². The number of aromatic nitrogens is 1. The second-order valence-corrected chi connectivity index (χ2v) is 8.69. The first-order valence-electron chi connectivity index (χ1n) is 8.46. The van der Waals surface area contributed by atoms with Crippen molar-refractivity contribution in [1.82, 2.24) is 14.6 Å². The molecule has 3 rings (SSSR count). The van der Waals surface area contributed by atoms with Gasteiger partial charge in [-0.05, 0) is 49.0 Å². The van der Waals surface area contributed by atoms with E-state index in [-0.39, 0.29) is 23.9 Å². The third-order valence-corrected chi connectivity index (χ3v) is 6.07. The number of sulfonamides is 1. The maximum atomic E-state index is 13.1. The third kappa shape index (κ3) is 5.16. The molecule has 7 nitrogen and oxygen atoms in total. The number of nitrogens with zero attached hydrogens (tertiary/aromatic N) is 2. The Morgan fingerprint density at radius 3 is 2.55 bits per heavy atom. The third-order valence-electron chi connectivity index (χ3n) is 4.05. The predicted octanol–water partition coefficient (Wildman–Crippen LogP) is 3.73. The molecule has 0 atom stereocenters. The first-order chi connectivity index (χ1) is 13.8. The Hall–Kier alpha value is -2.39. The molecule has 0 unspecified atom stereocenters. The molecular formula is C19H17Cl2N3O4S. The van der Waals surface area contributed by atoms with Gasteiger partial charge in [0.1, 0.15) is 0 Å². The molecule has 0 saturated carbocycles. The Bertz CT molecular complexity index is 1120. The lowest BCUT2D eigenvalue weighted by atomic mass is 10.2. The zero-order valence-electron chi connectivity index (χ0n) is 15.3. The standard InChI is InChI=1S/C19H17Cl2N3O4S/c1-22-29(26,27)18-8-7-17(28-18)19(25)24(12-14-4-2-3-9-23-14)11-13-5-6-15(20)16(21)10-13/h2-10,22H,11-12H2,1H3. The number of hydrogen-bond donors (Lipinski definition) is 1. The van der Waals surface area contributed by atoms with Crippen molar-refractivity contribution >= 4 is 39.1 Å². The SMILES string of the molecule is CNS(=O)(=O)c1ccc(C(=O)N(Cc2ccc(Cl)c(Cl)c2)Cc2ccccn2)o1. The number of pyridine rings is 1. The van der Waals surface area contributed by atoms with Crippen molar-refractivity contribution < 1.29 is 17.6 Å². The van der Waals surface area contributed by atoms with E-state index in [9.17, 15) is 13.2 Å². The van der Waals surface area contributed by atoms with Crippen molar-refractivity contribution in [3.8, 4) is 0 Å². The van der Waals surface area contributed by atoms with Gasteiger partial charge in [-0.2, -0.15) is 0 Å². The Labute approximate surface area is 178 Å². The van der Waals surface area contributed by atoms with Crippen LogP contribution in [-0.4, -0.2) is 31.3 Å². The fourth-order valence-electron chi connectivity index (χ4n) is 2.58. The quantitative estimate of drug-likeness (QED) is 0.588. The highest BCUT2D eigenvalue weighted by Crippen LogP contribution is 2.24. The van der Waals surface area contributed by atoms with Crippen molar-refractivity contribution in [1.29, 1.82) is 0 Å². The van der Waals surface area contributed by atoms with Crippen LogP contribution in [0.2, 0.25) is 10.0 Å². The van der Waals surface area contributed by atoms with Gasteiger partial charge in [-0.25, -0.2) is 13.1 Å². The molecule has 0 saturated heterocycles. The first kappa shape index (κ1) is 21.3. The summed E-state index contributed by atoms with van der Waals surface area (Å²) in [5.41, 5.74) is 1.41. The van der Waals surface area contributed by atoms with Crippen molar-refractivity contribution in [2.45, 2.75) is 18.2 Å². The highest BCUT2D eigenvalue weighted by atomic mass is 35.5. The summed E-state index contributed by atoms with van der Waals surface area (Å²) in [4.78, 5) is 18.8. The molecule has 0 aliphatic carbocycles. The van der Waals surface area contributed by atoms with Crippen LogP contribution in [0.1, 0.15) is 21.8 Å². The van der Waals surface area contributed by atoms with Gasteiger partial charge in [0.2, 0.25) is 5.09 Å². The molecule has 0 aliphatic rings. The molecule has 3 aromatic rings. The minimum absolute atomic E-state index is 0.102. The topological polar surface area (TPSA) is 92.5 Å². The summed E-state index contributed by atoms with van der Waals surface area (Å²) in [6.45, 7) is 0.385. The second kappa shape index (κ2) is 8.96. The molecule has 152 valence electrons. The summed E-state index contributed by atoms with van der Waals surface area (Å²) in [5, 5.41) is 0.441. The van der Waals surface area contributed by atoms with E-state index in [1.807, 2.05) is 6.07 Å². The summed E-state index contributed by atoms with van der Waals surface area (Å²) in [6.07, 6.45) is 1.63. The predicted molar refractivity (Wildman–Crippen MR) is 109 cm³/mol. The number of rotatable bonds is 7. The minimum atomic E-state index is -3.80. The van der Waals surface area contributed by atoms with Crippen LogP contribution in [0.3, 0.4) is 0 Å². The van der Waals surface area contributed by atoms with Crippen molar-refractivity contribution in [2.24, 2.45) is 0 Å². The highest BCUT2D eigenvalue weighted by Gasteiger charge is 2.24. The highest BCUT2D eigenvalue weighted by molar-refractivity contribution is 7.89. The Balaban J connectivity index is 1.91. The van der Waals surface area contributed by atoms with E-state index in [1.54, 1.807) is 36.5 Å². The van der Waals surface area contributed by atoms with Gasteiger partial charge in [0.05, 0.1) is 22.3 Å². The van der Waals surface area contributed by atoms with Crippen LogP contribution < -0.4 is 4.72 Å². The lowest BCUT2D eigenvalue weighted by molar-refractivity contribution is 0.0689. The number of hydrogen-bond acceptors (Lipinski definition) is 5. The van der Waals surface area contributed by atoms with Gasteiger partial charge >= 0.3 is 0 Å². The monoisotopic (exact) mass is 453 g/mol. The summed E-state index contributed by atoms with van der Waals surface area (Å²) in [6, 6.07) is 13.0. The zero-order chi connectivity index (χ0) is 21.0. The summed E-state index contributed by atoms with van der Waals surface area (Å²) < 4.78 is 31.2. The molecule has 0 bridgehead atoms. The van der Waals surface area contributed by atoms with Crippen LogP contribution in [-0.2, 0) is 23.1 Å².